The second kappa shape index (κ2) is 11.3. The molecule has 4 rings (SSSR count). The number of sulfonamides is 1. The maximum Gasteiger partial charge on any atom is 0.416 e. The zero-order valence-corrected chi connectivity index (χ0v) is 21.5. The molecule has 0 aliphatic carbocycles. The van der Waals surface area contributed by atoms with E-state index in [1.54, 1.807) is 29.5 Å². The normalized spacial score (nSPS) is 16.7. The number of halogens is 3. The Bertz CT molecular complexity index is 1220. The Morgan fingerprint density at radius 1 is 1.08 bits per heavy atom. The number of hydrogen-bond donors (Lipinski definition) is 1. The highest BCUT2D eigenvalue weighted by Gasteiger charge is 2.30. The van der Waals surface area contributed by atoms with Gasteiger partial charge in [-0.2, -0.15) is 13.2 Å². The van der Waals surface area contributed by atoms with Crippen LogP contribution in [-0.4, -0.2) is 39.0 Å². The van der Waals surface area contributed by atoms with Crippen LogP contribution >= 0.6 is 11.3 Å². The first-order chi connectivity index (χ1) is 17.1. The third-order valence-corrected chi connectivity index (χ3v) is 8.72. The second-order valence-electron chi connectivity index (χ2n) is 8.99. The van der Waals surface area contributed by atoms with Crippen molar-refractivity contribution in [1.29, 1.82) is 0 Å². The number of benzene rings is 2. The molecular weight excluding hydrogens is 509 g/mol. The van der Waals surface area contributed by atoms with Gasteiger partial charge in [-0.15, -0.1) is 11.3 Å². The lowest BCUT2D eigenvalue weighted by molar-refractivity contribution is -0.137. The quantitative estimate of drug-likeness (QED) is 0.362. The Morgan fingerprint density at radius 2 is 1.81 bits per heavy atom. The fraction of sp³-hybridized carbons (Fsp3) is 0.385. The van der Waals surface area contributed by atoms with Crippen molar-refractivity contribution in [2.45, 2.75) is 49.4 Å². The largest absolute Gasteiger partial charge is 0.485 e. The first kappa shape index (κ1) is 26.7. The third kappa shape index (κ3) is 7.09. The molecule has 1 unspecified atom stereocenters. The summed E-state index contributed by atoms with van der Waals surface area (Å²) < 4.78 is 73.0. The molecule has 1 aliphatic rings. The molecule has 5 nitrogen and oxygen atoms in total. The summed E-state index contributed by atoms with van der Waals surface area (Å²) in [4.78, 5) is 3.56. The van der Waals surface area contributed by atoms with Crippen LogP contribution in [-0.2, 0) is 16.2 Å². The molecule has 1 N–H and O–H groups in total. The molecule has 1 fully saturated rings. The molecule has 0 bridgehead atoms. The third-order valence-electron chi connectivity index (χ3n) is 6.24. The highest BCUT2D eigenvalue weighted by Crippen LogP contribution is 2.33. The van der Waals surface area contributed by atoms with E-state index in [1.807, 2.05) is 30.5 Å². The van der Waals surface area contributed by atoms with Crippen LogP contribution in [0, 0.1) is 6.92 Å². The molecule has 2 heterocycles. The molecule has 194 valence electrons. The van der Waals surface area contributed by atoms with Gasteiger partial charge in [0.15, 0.2) is 0 Å². The van der Waals surface area contributed by atoms with Gasteiger partial charge in [-0.1, -0.05) is 18.2 Å². The van der Waals surface area contributed by atoms with Crippen molar-refractivity contribution >= 4 is 21.4 Å². The van der Waals surface area contributed by atoms with E-state index < -0.39 is 21.8 Å². The van der Waals surface area contributed by atoms with E-state index in [1.165, 1.54) is 12.1 Å². The van der Waals surface area contributed by atoms with Crippen LogP contribution in [0.1, 0.15) is 41.4 Å². The van der Waals surface area contributed by atoms with Crippen LogP contribution < -0.4 is 9.46 Å². The highest BCUT2D eigenvalue weighted by atomic mass is 32.2. The van der Waals surface area contributed by atoms with E-state index in [0.29, 0.717) is 25.0 Å². The number of rotatable bonds is 9. The van der Waals surface area contributed by atoms with E-state index in [4.69, 9.17) is 4.74 Å². The first-order valence-corrected chi connectivity index (χ1v) is 14.1. The maximum absolute atomic E-state index is 12.9. The number of nitrogens with zero attached hydrogens (tertiary/aromatic N) is 1. The van der Waals surface area contributed by atoms with Crippen molar-refractivity contribution in [2.24, 2.45) is 0 Å². The van der Waals surface area contributed by atoms with Crippen LogP contribution in [0.15, 0.2) is 70.9 Å². The Labute approximate surface area is 214 Å². The van der Waals surface area contributed by atoms with Crippen LogP contribution in [0.5, 0.6) is 5.75 Å². The Kier molecular flexibility index (Phi) is 8.39. The molecular formula is C26H29F3N2O3S2. The number of hydrogen-bond acceptors (Lipinski definition) is 5. The predicted octanol–water partition coefficient (Wildman–Crippen LogP) is 6.03. The topological polar surface area (TPSA) is 58.6 Å². The van der Waals surface area contributed by atoms with Gasteiger partial charge in [-0.25, -0.2) is 13.1 Å². The van der Waals surface area contributed by atoms with Crippen molar-refractivity contribution in [3.8, 4) is 5.75 Å². The lowest BCUT2D eigenvalue weighted by Crippen LogP contribution is -2.45. The smallest absolute Gasteiger partial charge is 0.416 e. The van der Waals surface area contributed by atoms with Gasteiger partial charge >= 0.3 is 6.18 Å². The minimum Gasteiger partial charge on any atom is -0.485 e. The molecule has 0 spiro atoms. The minimum atomic E-state index is -4.38. The number of thiophene rings is 1. The number of alkyl halides is 3. The Morgan fingerprint density at radius 3 is 2.42 bits per heavy atom. The first-order valence-electron chi connectivity index (χ1n) is 11.8. The number of ether oxygens (including phenoxy) is 1. The fourth-order valence-electron chi connectivity index (χ4n) is 4.26. The Hall–Kier alpha value is -2.40. The molecule has 3 aromatic rings. The molecule has 1 saturated heterocycles. The summed E-state index contributed by atoms with van der Waals surface area (Å²) in [5.74, 6) is 0.394. The summed E-state index contributed by atoms with van der Waals surface area (Å²) in [5, 5.41) is 1.95. The number of nitrogens with one attached hydrogen (secondary N) is 1. The van der Waals surface area contributed by atoms with Crippen molar-refractivity contribution in [2.75, 3.05) is 19.6 Å². The molecule has 0 saturated carbocycles. The van der Waals surface area contributed by atoms with Crippen molar-refractivity contribution in [3.63, 3.8) is 0 Å². The fourth-order valence-corrected chi connectivity index (χ4v) is 6.46. The van der Waals surface area contributed by atoms with Crippen LogP contribution in [0.25, 0.3) is 0 Å². The monoisotopic (exact) mass is 538 g/mol. The highest BCUT2D eigenvalue weighted by molar-refractivity contribution is 7.89. The average Bonchev–Trinajstić information content (AvgIpc) is 3.37. The second-order valence-corrected chi connectivity index (χ2v) is 11.7. The van der Waals surface area contributed by atoms with E-state index in [9.17, 15) is 21.6 Å². The van der Waals surface area contributed by atoms with Crippen molar-refractivity contribution < 1.29 is 26.3 Å². The Balaban J connectivity index is 1.31. The number of piperidine rings is 1. The summed E-state index contributed by atoms with van der Waals surface area (Å²) in [6, 6.07) is 15.4. The summed E-state index contributed by atoms with van der Waals surface area (Å²) in [7, 11) is -3.56. The average molecular weight is 539 g/mol. The molecule has 0 amide bonds. The van der Waals surface area contributed by atoms with Gasteiger partial charge in [-0.05, 0) is 86.3 Å². The molecule has 1 aromatic heterocycles. The lowest BCUT2D eigenvalue weighted by atomic mass is 10.1. The molecule has 10 heteroatoms. The maximum atomic E-state index is 12.9. The standard InChI is InChI=1S/C26H29F3N2O3S2/c1-19-4-2-5-23(18-19)36(32,33)30-21-11-14-31(15-12-21)16-13-24(25-6-3-17-35-25)34-22-9-7-20(8-10-22)26(27,28)29/h2-10,17-18,21,24,30H,11-16H2,1H3. The summed E-state index contributed by atoms with van der Waals surface area (Å²) in [6.07, 6.45) is -2.59. The predicted molar refractivity (Wildman–Crippen MR) is 135 cm³/mol. The van der Waals surface area contributed by atoms with Gasteiger partial charge < -0.3 is 9.64 Å². The summed E-state index contributed by atoms with van der Waals surface area (Å²) >= 11 is 1.55. The van der Waals surface area contributed by atoms with E-state index in [0.717, 1.165) is 42.2 Å². The van der Waals surface area contributed by atoms with E-state index in [-0.39, 0.29) is 17.0 Å². The number of aryl methyl sites for hydroxylation is 1. The van der Waals surface area contributed by atoms with Gasteiger partial charge in [0.1, 0.15) is 11.9 Å². The van der Waals surface area contributed by atoms with Crippen LogP contribution in [0.3, 0.4) is 0 Å². The molecule has 0 radical (unpaired) electrons. The SMILES string of the molecule is Cc1cccc(S(=O)(=O)NC2CCN(CCC(Oc3ccc(C(F)(F)F)cc3)c3cccs3)CC2)c1. The van der Waals surface area contributed by atoms with Crippen molar-refractivity contribution in [3.05, 3.63) is 82.0 Å². The lowest BCUT2D eigenvalue weighted by Gasteiger charge is -2.33. The summed E-state index contributed by atoms with van der Waals surface area (Å²) in [5.41, 5.74) is 0.190. The summed E-state index contributed by atoms with van der Waals surface area (Å²) in [6.45, 7) is 4.10. The van der Waals surface area contributed by atoms with Gasteiger partial charge in [0.25, 0.3) is 0 Å². The van der Waals surface area contributed by atoms with Crippen LogP contribution in [0.2, 0.25) is 0 Å². The minimum absolute atomic E-state index is 0.122. The van der Waals surface area contributed by atoms with Gasteiger partial charge in [0, 0.05) is 23.9 Å². The molecule has 2 aromatic carbocycles. The van der Waals surface area contributed by atoms with E-state index >= 15 is 0 Å². The molecule has 1 aliphatic heterocycles. The van der Waals surface area contributed by atoms with Gasteiger partial charge in [0.2, 0.25) is 10.0 Å². The van der Waals surface area contributed by atoms with Crippen molar-refractivity contribution in [1.82, 2.24) is 9.62 Å². The molecule has 36 heavy (non-hydrogen) atoms. The van der Waals surface area contributed by atoms with E-state index in [2.05, 4.69) is 9.62 Å². The van der Waals surface area contributed by atoms with Gasteiger partial charge in [0.05, 0.1) is 10.5 Å². The van der Waals surface area contributed by atoms with Gasteiger partial charge in [-0.3, -0.25) is 0 Å². The molecule has 1 atom stereocenters. The zero-order valence-electron chi connectivity index (χ0n) is 19.9. The van der Waals surface area contributed by atoms with Crippen LogP contribution in [0.4, 0.5) is 13.2 Å². The number of likely N-dealkylation sites (tertiary alicyclic amines) is 1. The zero-order chi connectivity index (χ0) is 25.8.